The van der Waals surface area contributed by atoms with Crippen LogP contribution in [0.5, 0.6) is 0 Å². The number of carbonyl (C=O) groups is 1. The van der Waals surface area contributed by atoms with Gasteiger partial charge in [-0.15, -0.1) is 0 Å². The van der Waals surface area contributed by atoms with Gasteiger partial charge in [-0.05, 0) is 18.2 Å². The molecule has 0 saturated heterocycles. The van der Waals surface area contributed by atoms with E-state index in [0.29, 0.717) is 5.69 Å². The molecule has 0 unspecified atom stereocenters. The predicted octanol–water partition coefficient (Wildman–Crippen LogP) is 1.39. The zero-order valence-electron chi connectivity index (χ0n) is 9.14. The molecule has 6 heteroatoms. The number of aromatic nitrogens is 2. The molecule has 2 aromatic rings. The van der Waals surface area contributed by atoms with Crippen LogP contribution in [-0.4, -0.2) is 15.7 Å². The van der Waals surface area contributed by atoms with Gasteiger partial charge < -0.3 is 11.1 Å². The van der Waals surface area contributed by atoms with E-state index in [9.17, 15) is 9.18 Å². The maximum Gasteiger partial charge on any atom is 0.278 e. The number of anilines is 2. The summed E-state index contributed by atoms with van der Waals surface area (Å²) < 4.78 is 14.3. The van der Waals surface area contributed by atoms with Gasteiger partial charge in [0.25, 0.3) is 5.91 Å². The minimum absolute atomic E-state index is 0.122. The molecule has 1 heterocycles. The Kier molecular flexibility index (Phi) is 2.78. The van der Waals surface area contributed by atoms with Crippen LogP contribution in [0.15, 0.2) is 30.5 Å². The molecule has 88 valence electrons. The predicted molar refractivity (Wildman–Crippen MR) is 62.0 cm³/mol. The standard InChI is InChI=1S/C11H11FN4O/c1-16-6-9(13)10(15-16)11(17)14-8-4-2-3-7(12)5-8/h2-6H,13H2,1H3,(H,14,17). The Bertz CT molecular complexity index is 564. The molecule has 0 aliphatic heterocycles. The highest BCUT2D eigenvalue weighted by molar-refractivity contribution is 6.06. The van der Waals surface area contributed by atoms with E-state index >= 15 is 0 Å². The maximum atomic E-state index is 12.9. The lowest BCUT2D eigenvalue weighted by molar-refractivity contribution is 0.102. The summed E-state index contributed by atoms with van der Waals surface area (Å²) in [6, 6.07) is 5.61. The van der Waals surface area contributed by atoms with Crippen molar-refractivity contribution in [3.05, 3.63) is 42.0 Å². The zero-order valence-corrected chi connectivity index (χ0v) is 9.14. The highest BCUT2D eigenvalue weighted by atomic mass is 19.1. The first-order valence-corrected chi connectivity index (χ1v) is 4.92. The fraction of sp³-hybridized carbons (Fsp3) is 0.0909. The van der Waals surface area contributed by atoms with Crippen molar-refractivity contribution in [2.24, 2.45) is 7.05 Å². The van der Waals surface area contributed by atoms with Crippen LogP contribution in [0.3, 0.4) is 0 Å². The number of nitrogen functional groups attached to an aromatic ring is 1. The molecule has 0 atom stereocenters. The van der Waals surface area contributed by atoms with Gasteiger partial charge in [-0.2, -0.15) is 5.10 Å². The molecule has 17 heavy (non-hydrogen) atoms. The third kappa shape index (κ3) is 2.41. The highest BCUT2D eigenvalue weighted by Gasteiger charge is 2.14. The number of nitrogens with one attached hydrogen (secondary N) is 1. The molecular formula is C11H11FN4O. The Labute approximate surface area is 97.0 Å². The molecule has 5 nitrogen and oxygen atoms in total. The van der Waals surface area contributed by atoms with E-state index in [1.807, 2.05) is 0 Å². The second kappa shape index (κ2) is 4.25. The van der Waals surface area contributed by atoms with Crippen LogP contribution >= 0.6 is 0 Å². The molecule has 0 fully saturated rings. The maximum absolute atomic E-state index is 12.9. The summed E-state index contributed by atoms with van der Waals surface area (Å²) in [7, 11) is 1.66. The average molecular weight is 234 g/mol. The van der Waals surface area contributed by atoms with Gasteiger partial charge in [0, 0.05) is 18.9 Å². The van der Waals surface area contributed by atoms with Crippen LogP contribution in [0.25, 0.3) is 0 Å². The Balaban J connectivity index is 2.20. The van der Waals surface area contributed by atoms with Gasteiger partial charge >= 0.3 is 0 Å². The number of aryl methyl sites for hydroxylation is 1. The molecule has 0 saturated carbocycles. The number of carbonyl (C=O) groups excluding carboxylic acids is 1. The van der Waals surface area contributed by atoms with E-state index in [0.717, 1.165) is 0 Å². The molecule has 0 radical (unpaired) electrons. The third-order valence-electron chi connectivity index (χ3n) is 2.15. The van der Waals surface area contributed by atoms with Crippen LogP contribution in [0, 0.1) is 5.82 Å². The van der Waals surface area contributed by atoms with E-state index in [4.69, 9.17) is 5.73 Å². The number of nitrogens with zero attached hydrogens (tertiary/aromatic N) is 2. The molecule has 0 bridgehead atoms. The number of hydrogen-bond donors (Lipinski definition) is 2. The minimum Gasteiger partial charge on any atom is -0.396 e. The summed E-state index contributed by atoms with van der Waals surface area (Å²) in [5.74, 6) is -0.884. The van der Waals surface area contributed by atoms with Crippen molar-refractivity contribution < 1.29 is 9.18 Å². The van der Waals surface area contributed by atoms with Crippen molar-refractivity contribution in [2.75, 3.05) is 11.1 Å². The smallest absolute Gasteiger partial charge is 0.278 e. The third-order valence-corrected chi connectivity index (χ3v) is 2.15. The lowest BCUT2D eigenvalue weighted by Crippen LogP contribution is -2.14. The lowest BCUT2D eigenvalue weighted by atomic mass is 10.3. The Hall–Kier alpha value is -2.37. The summed E-state index contributed by atoms with van der Waals surface area (Å²) in [5, 5.41) is 6.43. The number of benzene rings is 1. The molecule has 0 aliphatic rings. The second-order valence-corrected chi connectivity index (χ2v) is 3.57. The Morgan fingerprint density at radius 2 is 2.29 bits per heavy atom. The van der Waals surface area contributed by atoms with Gasteiger partial charge in [-0.25, -0.2) is 4.39 Å². The van der Waals surface area contributed by atoms with Crippen molar-refractivity contribution in [1.29, 1.82) is 0 Å². The lowest BCUT2D eigenvalue weighted by Gasteiger charge is -2.03. The molecule has 0 spiro atoms. The topological polar surface area (TPSA) is 72.9 Å². The number of hydrogen-bond acceptors (Lipinski definition) is 3. The fourth-order valence-corrected chi connectivity index (χ4v) is 1.44. The summed E-state index contributed by atoms with van der Waals surface area (Å²) in [4.78, 5) is 11.8. The minimum atomic E-state index is -0.464. The Morgan fingerprint density at radius 1 is 1.53 bits per heavy atom. The SMILES string of the molecule is Cn1cc(N)c(C(=O)Nc2cccc(F)c2)n1. The van der Waals surface area contributed by atoms with Gasteiger partial charge in [0.2, 0.25) is 0 Å². The first-order valence-electron chi connectivity index (χ1n) is 4.92. The van der Waals surface area contributed by atoms with Crippen molar-refractivity contribution in [3.63, 3.8) is 0 Å². The first-order chi connectivity index (χ1) is 8.06. The Morgan fingerprint density at radius 3 is 2.88 bits per heavy atom. The number of amides is 1. The summed E-state index contributed by atoms with van der Waals surface area (Å²) in [6.07, 6.45) is 1.53. The number of halogens is 1. The van der Waals surface area contributed by atoms with Crippen LogP contribution in [-0.2, 0) is 7.05 Å². The van der Waals surface area contributed by atoms with E-state index in [1.165, 1.54) is 29.1 Å². The quantitative estimate of drug-likeness (QED) is 0.824. The normalized spacial score (nSPS) is 10.2. The van der Waals surface area contributed by atoms with Gasteiger partial charge in [-0.1, -0.05) is 6.07 Å². The zero-order chi connectivity index (χ0) is 12.4. The highest BCUT2D eigenvalue weighted by Crippen LogP contribution is 2.13. The molecule has 1 amide bonds. The molecule has 0 aliphatic carbocycles. The van der Waals surface area contributed by atoms with E-state index < -0.39 is 11.7 Å². The van der Waals surface area contributed by atoms with Crippen LogP contribution in [0.1, 0.15) is 10.5 Å². The molecule has 3 N–H and O–H groups in total. The summed E-state index contributed by atoms with van der Waals surface area (Å²) >= 11 is 0. The van der Waals surface area contributed by atoms with E-state index in [-0.39, 0.29) is 11.4 Å². The van der Waals surface area contributed by atoms with Crippen molar-refractivity contribution in [3.8, 4) is 0 Å². The molecular weight excluding hydrogens is 223 g/mol. The van der Waals surface area contributed by atoms with Crippen molar-refractivity contribution >= 4 is 17.3 Å². The molecule has 2 rings (SSSR count). The first kappa shape index (κ1) is 11.1. The largest absolute Gasteiger partial charge is 0.396 e. The van der Waals surface area contributed by atoms with Crippen LogP contribution < -0.4 is 11.1 Å². The van der Waals surface area contributed by atoms with Gasteiger partial charge in [0.05, 0.1) is 5.69 Å². The summed E-state index contributed by atoms with van der Waals surface area (Å²) in [5.41, 5.74) is 6.37. The van der Waals surface area contributed by atoms with Crippen LogP contribution in [0.4, 0.5) is 15.8 Å². The van der Waals surface area contributed by atoms with E-state index in [1.54, 1.807) is 13.1 Å². The van der Waals surface area contributed by atoms with E-state index in [2.05, 4.69) is 10.4 Å². The molecule has 1 aromatic carbocycles. The number of rotatable bonds is 2. The second-order valence-electron chi connectivity index (χ2n) is 3.57. The van der Waals surface area contributed by atoms with Gasteiger partial charge in [0.1, 0.15) is 5.82 Å². The summed E-state index contributed by atoms with van der Waals surface area (Å²) in [6.45, 7) is 0. The fourth-order valence-electron chi connectivity index (χ4n) is 1.44. The van der Waals surface area contributed by atoms with Gasteiger partial charge in [-0.3, -0.25) is 9.48 Å². The molecule has 1 aromatic heterocycles. The monoisotopic (exact) mass is 234 g/mol. The van der Waals surface area contributed by atoms with Crippen molar-refractivity contribution in [2.45, 2.75) is 0 Å². The van der Waals surface area contributed by atoms with Crippen LogP contribution in [0.2, 0.25) is 0 Å². The van der Waals surface area contributed by atoms with Crippen molar-refractivity contribution in [1.82, 2.24) is 9.78 Å². The average Bonchev–Trinajstić information content (AvgIpc) is 2.58. The number of nitrogens with two attached hydrogens (primary N) is 1. The van der Waals surface area contributed by atoms with Gasteiger partial charge in [0.15, 0.2) is 5.69 Å².